The number of benzene rings is 1. The molecular formula is C15H17NO2S. The highest BCUT2D eigenvalue weighted by molar-refractivity contribution is 7.20. The summed E-state index contributed by atoms with van der Waals surface area (Å²) in [6.07, 6.45) is 1.05. The van der Waals surface area contributed by atoms with Crippen LogP contribution >= 0.6 is 11.3 Å². The lowest BCUT2D eigenvalue weighted by molar-refractivity contribution is 0.0780. The summed E-state index contributed by atoms with van der Waals surface area (Å²) in [5.41, 5.74) is 0. The maximum Gasteiger partial charge on any atom is 0.263 e. The van der Waals surface area contributed by atoms with Crippen molar-refractivity contribution in [2.45, 2.75) is 6.42 Å². The van der Waals surface area contributed by atoms with Crippen molar-refractivity contribution >= 4 is 27.3 Å². The monoisotopic (exact) mass is 275 g/mol. The topological polar surface area (TPSA) is 29.5 Å². The molecule has 0 N–H and O–H groups in total. The van der Waals surface area contributed by atoms with Crippen molar-refractivity contribution in [3.8, 4) is 0 Å². The number of nitrogens with zero attached hydrogens (tertiary/aromatic N) is 1. The normalized spacial score (nSPS) is 19.2. The third kappa shape index (κ3) is 2.51. The number of rotatable bonds is 3. The maximum absolute atomic E-state index is 12.5. The summed E-state index contributed by atoms with van der Waals surface area (Å²) >= 11 is 1.58. The number of fused-ring (bicyclic) bond motifs is 1. The fraction of sp³-hybridized carbons (Fsp3) is 0.400. The number of hydrogen-bond acceptors (Lipinski definition) is 3. The van der Waals surface area contributed by atoms with Gasteiger partial charge in [-0.25, -0.2) is 0 Å². The van der Waals surface area contributed by atoms with Gasteiger partial charge in [0, 0.05) is 30.8 Å². The minimum absolute atomic E-state index is 0.166. The van der Waals surface area contributed by atoms with Gasteiger partial charge in [-0.3, -0.25) is 4.79 Å². The predicted molar refractivity (Wildman–Crippen MR) is 77.7 cm³/mol. The number of likely N-dealkylation sites (tertiary alicyclic amines) is 1. The van der Waals surface area contributed by atoms with Gasteiger partial charge in [0.25, 0.3) is 5.91 Å². The van der Waals surface area contributed by atoms with Gasteiger partial charge in [0.15, 0.2) is 0 Å². The van der Waals surface area contributed by atoms with E-state index in [0.717, 1.165) is 36.4 Å². The number of ether oxygens (including phenoxy) is 1. The van der Waals surface area contributed by atoms with Crippen LogP contribution in [0.1, 0.15) is 16.1 Å². The van der Waals surface area contributed by atoms with Gasteiger partial charge in [-0.2, -0.15) is 0 Å². The van der Waals surface area contributed by atoms with Gasteiger partial charge in [0.05, 0.1) is 11.5 Å². The second-order valence-electron chi connectivity index (χ2n) is 5.01. The largest absolute Gasteiger partial charge is 0.384 e. The van der Waals surface area contributed by atoms with E-state index < -0.39 is 0 Å². The molecule has 3 nitrogen and oxygen atoms in total. The molecule has 1 amide bonds. The van der Waals surface area contributed by atoms with Gasteiger partial charge in [0.1, 0.15) is 0 Å². The van der Waals surface area contributed by atoms with Crippen molar-refractivity contribution in [3.63, 3.8) is 0 Å². The SMILES string of the molecule is COC[C@H]1CCN(C(=O)c2cc3ccccc3s2)C1. The number of hydrogen-bond donors (Lipinski definition) is 0. The van der Waals surface area contributed by atoms with Gasteiger partial charge in [-0.15, -0.1) is 11.3 Å². The molecule has 1 atom stereocenters. The van der Waals surface area contributed by atoms with Crippen LogP contribution in [0.5, 0.6) is 0 Å². The summed E-state index contributed by atoms with van der Waals surface area (Å²) in [7, 11) is 1.72. The van der Waals surface area contributed by atoms with Crippen LogP contribution in [0.4, 0.5) is 0 Å². The Hall–Kier alpha value is -1.39. The van der Waals surface area contributed by atoms with Gasteiger partial charge < -0.3 is 9.64 Å². The lowest BCUT2D eigenvalue weighted by atomic mass is 10.1. The molecule has 1 aliphatic rings. The highest BCUT2D eigenvalue weighted by Crippen LogP contribution is 2.28. The van der Waals surface area contributed by atoms with Crippen LogP contribution in [0.15, 0.2) is 30.3 Å². The summed E-state index contributed by atoms with van der Waals surface area (Å²) in [5, 5.41) is 1.16. The summed E-state index contributed by atoms with van der Waals surface area (Å²) in [4.78, 5) is 15.3. The second kappa shape index (κ2) is 5.31. The number of carbonyl (C=O) groups excluding carboxylic acids is 1. The van der Waals surface area contributed by atoms with Crippen molar-refractivity contribution in [2.75, 3.05) is 26.8 Å². The van der Waals surface area contributed by atoms with E-state index in [9.17, 15) is 4.79 Å². The number of amides is 1. The molecule has 1 fully saturated rings. The molecule has 2 heterocycles. The van der Waals surface area contributed by atoms with E-state index >= 15 is 0 Å². The molecule has 4 heteroatoms. The molecule has 0 aliphatic carbocycles. The van der Waals surface area contributed by atoms with Crippen molar-refractivity contribution in [2.24, 2.45) is 5.92 Å². The Morgan fingerprint density at radius 1 is 1.47 bits per heavy atom. The zero-order chi connectivity index (χ0) is 13.2. The summed E-state index contributed by atoms with van der Waals surface area (Å²) in [6.45, 7) is 2.41. The number of thiophene rings is 1. The Bertz CT molecular complexity index is 560. The molecule has 3 rings (SSSR count). The zero-order valence-corrected chi connectivity index (χ0v) is 11.8. The standard InChI is InChI=1S/C15H17NO2S/c1-18-10-11-6-7-16(9-11)15(17)14-8-12-4-2-3-5-13(12)19-14/h2-5,8,11H,6-7,9-10H2,1H3/t11-/m0/s1. The zero-order valence-electron chi connectivity index (χ0n) is 11.0. The summed E-state index contributed by atoms with van der Waals surface area (Å²) in [6, 6.07) is 10.1. The molecule has 0 radical (unpaired) electrons. The predicted octanol–water partition coefficient (Wildman–Crippen LogP) is 3.01. The average molecular weight is 275 g/mol. The van der Waals surface area contributed by atoms with E-state index in [1.165, 1.54) is 4.70 Å². The average Bonchev–Trinajstić information content (AvgIpc) is 3.04. The number of carbonyl (C=O) groups is 1. The molecule has 1 saturated heterocycles. The van der Waals surface area contributed by atoms with E-state index in [1.807, 2.05) is 23.1 Å². The Balaban J connectivity index is 1.77. The van der Waals surface area contributed by atoms with Crippen LogP contribution in [-0.4, -0.2) is 37.6 Å². The highest BCUT2D eigenvalue weighted by Gasteiger charge is 2.27. The molecular weight excluding hydrogens is 258 g/mol. The van der Waals surface area contributed by atoms with Gasteiger partial charge >= 0.3 is 0 Å². The molecule has 19 heavy (non-hydrogen) atoms. The first kappa shape index (κ1) is 12.6. The van der Waals surface area contributed by atoms with Crippen molar-refractivity contribution in [1.29, 1.82) is 0 Å². The second-order valence-corrected chi connectivity index (χ2v) is 6.09. The van der Waals surface area contributed by atoms with E-state index in [1.54, 1.807) is 18.4 Å². The fourth-order valence-electron chi connectivity index (χ4n) is 2.63. The third-order valence-corrected chi connectivity index (χ3v) is 4.72. The van der Waals surface area contributed by atoms with Crippen molar-refractivity contribution in [1.82, 2.24) is 4.90 Å². The van der Waals surface area contributed by atoms with Crippen LogP contribution in [0.2, 0.25) is 0 Å². The summed E-state index contributed by atoms with van der Waals surface area (Å²) in [5.74, 6) is 0.656. The van der Waals surface area contributed by atoms with Crippen LogP contribution in [-0.2, 0) is 4.74 Å². The highest BCUT2D eigenvalue weighted by atomic mass is 32.1. The fourth-order valence-corrected chi connectivity index (χ4v) is 3.66. The molecule has 100 valence electrons. The minimum atomic E-state index is 0.166. The minimum Gasteiger partial charge on any atom is -0.384 e. The Morgan fingerprint density at radius 3 is 3.11 bits per heavy atom. The van der Waals surface area contributed by atoms with E-state index in [-0.39, 0.29) is 5.91 Å². The first-order chi connectivity index (χ1) is 9.28. The smallest absolute Gasteiger partial charge is 0.263 e. The molecule has 1 aromatic carbocycles. The van der Waals surface area contributed by atoms with E-state index in [0.29, 0.717) is 5.92 Å². The molecule has 0 saturated carbocycles. The van der Waals surface area contributed by atoms with Crippen LogP contribution in [0.25, 0.3) is 10.1 Å². The Kier molecular flexibility index (Phi) is 3.53. The summed E-state index contributed by atoms with van der Waals surface area (Å²) < 4.78 is 6.35. The van der Waals surface area contributed by atoms with Gasteiger partial charge in [-0.05, 0) is 23.9 Å². The van der Waals surface area contributed by atoms with E-state index in [2.05, 4.69) is 12.1 Å². The van der Waals surface area contributed by atoms with Crippen LogP contribution in [0, 0.1) is 5.92 Å². The van der Waals surface area contributed by atoms with Crippen molar-refractivity contribution < 1.29 is 9.53 Å². The van der Waals surface area contributed by atoms with Gasteiger partial charge in [-0.1, -0.05) is 18.2 Å². The van der Waals surface area contributed by atoms with E-state index in [4.69, 9.17) is 4.74 Å². The quantitative estimate of drug-likeness (QED) is 0.861. The Morgan fingerprint density at radius 2 is 2.32 bits per heavy atom. The van der Waals surface area contributed by atoms with Crippen LogP contribution in [0.3, 0.4) is 0 Å². The maximum atomic E-state index is 12.5. The number of methoxy groups -OCH3 is 1. The first-order valence-corrected chi connectivity index (χ1v) is 7.36. The van der Waals surface area contributed by atoms with Crippen molar-refractivity contribution in [3.05, 3.63) is 35.2 Å². The lowest BCUT2D eigenvalue weighted by Crippen LogP contribution is -2.28. The molecule has 0 bridgehead atoms. The molecule has 2 aromatic rings. The van der Waals surface area contributed by atoms with Crippen LogP contribution < -0.4 is 0 Å². The molecule has 0 spiro atoms. The lowest BCUT2D eigenvalue weighted by Gasteiger charge is -2.15. The molecule has 0 unspecified atom stereocenters. The first-order valence-electron chi connectivity index (χ1n) is 6.54. The third-order valence-electron chi connectivity index (χ3n) is 3.61. The molecule has 1 aliphatic heterocycles. The van der Waals surface area contributed by atoms with Gasteiger partial charge in [0.2, 0.25) is 0 Å². The molecule has 1 aromatic heterocycles. The Labute approximate surface area is 116 Å².